The van der Waals surface area contributed by atoms with Crippen LogP contribution >= 0.6 is 0 Å². The van der Waals surface area contributed by atoms with Crippen LogP contribution in [0.25, 0.3) is 0 Å². The Morgan fingerprint density at radius 2 is 1.64 bits per heavy atom. The van der Waals surface area contributed by atoms with Crippen LogP contribution in [0.4, 0.5) is 0 Å². The van der Waals surface area contributed by atoms with Gasteiger partial charge in [0.05, 0.1) is 0 Å². The van der Waals surface area contributed by atoms with E-state index in [2.05, 4.69) is 10.6 Å². The number of nitrogens with zero attached hydrogens (tertiary/aromatic N) is 1. The molecule has 0 aromatic heterocycles. The zero-order valence-corrected chi connectivity index (χ0v) is 8.80. The summed E-state index contributed by atoms with van der Waals surface area (Å²) in [6.07, 6.45) is 4.52. The van der Waals surface area contributed by atoms with E-state index < -0.39 is 0 Å². The molecule has 14 heavy (non-hydrogen) atoms. The number of hydrogen-bond donors (Lipinski definition) is 2. The minimum absolute atomic E-state index is 0.837. The van der Waals surface area contributed by atoms with Gasteiger partial charge in [-0.15, -0.1) is 0 Å². The van der Waals surface area contributed by atoms with Gasteiger partial charge in [-0.25, -0.2) is 0 Å². The molecule has 0 aromatic carbocycles. The molecule has 0 aliphatic carbocycles. The summed E-state index contributed by atoms with van der Waals surface area (Å²) in [4.78, 5) is 12.5. The molecule has 1 aliphatic heterocycles. The highest BCUT2D eigenvalue weighted by molar-refractivity contribution is 5.46. The average molecular weight is 199 g/mol. The molecule has 0 unspecified atom stereocenters. The first-order valence-electron chi connectivity index (χ1n) is 5.54. The summed E-state index contributed by atoms with van der Waals surface area (Å²) in [5.41, 5.74) is 0. The minimum atomic E-state index is 0.837. The maximum Gasteiger partial charge on any atom is 0.209 e. The molecule has 0 aromatic rings. The van der Waals surface area contributed by atoms with Gasteiger partial charge >= 0.3 is 0 Å². The number of amides is 1. The third kappa shape index (κ3) is 5.19. The number of carbonyl (C=O) groups excluding carboxylic acids is 1. The van der Waals surface area contributed by atoms with Crippen molar-refractivity contribution in [2.45, 2.75) is 19.3 Å². The predicted octanol–water partition coefficient (Wildman–Crippen LogP) is -0.192. The highest BCUT2D eigenvalue weighted by Crippen LogP contribution is 1.96. The van der Waals surface area contributed by atoms with Gasteiger partial charge in [0, 0.05) is 32.7 Å². The Morgan fingerprint density at radius 3 is 2.43 bits per heavy atom. The fourth-order valence-electron chi connectivity index (χ4n) is 1.61. The quantitative estimate of drug-likeness (QED) is 0.575. The summed E-state index contributed by atoms with van der Waals surface area (Å²) in [7, 11) is 0. The van der Waals surface area contributed by atoms with Gasteiger partial charge in [0.1, 0.15) is 0 Å². The molecule has 4 heteroatoms. The van der Waals surface area contributed by atoms with Crippen LogP contribution in [-0.2, 0) is 4.79 Å². The first kappa shape index (κ1) is 11.5. The van der Waals surface area contributed by atoms with Gasteiger partial charge in [-0.3, -0.25) is 4.79 Å². The van der Waals surface area contributed by atoms with Gasteiger partial charge in [-0.1, -0.05) is 6.42 Å². The smallest absolute Gasteiger partial charge is 0.209 e. The minimum Gasteiger partial charge on any atom is -0.344 e. The Morgan fingerprint density at radius 1 is 0.857 bits per heavy atom. The summed E-state index contributed by atoms with van der Waals surface area (Å²) < 4.78 is 0. The zero-order chi connectivity index (χ0) is 10.1. The van der Waals surface area contributed by atoms with E-state index in [1.54, 1.807) is 0 Å². The maximum atomic E-state index is 10.7. The summed E-state index contributed by atoms with van der Waals surface area (Å²) >= 11 is 0. The summed E-state index contributed by atoms with van der Waals surface area (Å²) in [6, 6.07) is 0. The first-order chi connectivity index (χ1) is 6.93. The second-order valence-electron chi connectivity index (χ2n) is 3.70. The van der Waals surface area contributed by atoms with Gasteiger partial charge in [0.15, 0.2) is 0 Å². The fraction of sp³-hybridized carbons (Fsp3) is 0.900. The Bertz CT molecular complexity index is 140. The van der Waals surface area contributed by atoms with Crippen molar-refractivity contribution >= 4 is 6.41 Å². The molecular weight excluding hydrogens is 178 g/mol. The summed E-state index contributed by atoms with van der Waals surface area (Å²) in [5.74, 6) is 0. The fourth-order valence-corrected chi connectivity index (χ4v) is 1.61. The van der Waals surface area contributed by atoms with E-state index >= 15 is 0 Å². The van der Waals surface area contributed by atoms with Crippen LogP contribution in [0.2, 0.25) is 0 Å². The number of nitrogens with one attached hydrogen (secondary N) is 2. The van der Waals surface area contributed by atoms with Gasteiger partial charge in [0.25, 0.3) is 0 Å². The Kier molecular flexibility index (Phi) is 6.36. The number of carbonyl (C=O) groups is 1. The molecular formula is C10H21N3O. The first-order valence-corrected chi connectivity index (χ1v) is 5.54. The summed E-state index contributed by atoms with van der Waals surface area (Å²) in [6.45, 7) is 5.77. The summed E-state index contributed by atoms with van der Waals surface area (Å²) in [5, 5.41) is 6.69. The van der Waals surface area contributed by atoms with Crippen LogP contribution in [0, 0.1) is 0 Å². The second-order valence-corrected chi connectivity index (χ2v) is 3.70. The molecule has 1 saturated heterocycles. The molecule has 1 heterocycles. The molecule has 82 valence electrons. The standard InChI is InChI=1S/C10H21N3O/c14-10-13-8-3-1-2-4-11-5-6-12-7-9-13/h10-12H,1-9H2. The topological polar surface area (TPSA) is 44.4 Å². The molecule has 0 atom stereocenters. The van der Waals surface area contributed by atoms with Crippen molar-refractivity contribution in [2.75, 3.05) is 39.3 Å². The second kappa shape index (κ2) is 7.76. The predicted molar refractivity (Wildman–Crippen MR) is 57.2 cm³/mol. The SMILES string of the molecule is O=CN1CCCCCNCCNCC1. The van der Waals surface area contributed by atoms with E-state index in [9.17, 15) is 4.79 Å². The van der Waals surface area contributed by atoms with Crippen molar-refractivity contribution in [3.8, 4) is 0 Å². The lowest BCUT2D eigenvalue weighted by Crippen LogP contribution is -2.36. The van der Waals surface area contributed by atoms with Crippen LogP contribution in [0.3, 0.4) is 0 Å². The molecule has 2 N–H and O–H groups in total. The Hall–Kier alpha value is -0.610. The lowest BCUT2D eigenvalue weighted by molar-refractivity contribution is -0.118. The molecule has 0 radical (unpaired) electrons. The van der Waals surface area contributed by atoms with Gasteiger partial charge in [0.2, 0.25) is 6.41 Å². The molecule has 0 saturated carbocycles. The van der Waals surface area contributed by atoms with E-state index in [4.69, 9.17) is 0 Å². The van der Waals surface area contributed by atoms with Gasteiger partial charge in [-0.05, 0) is 19.4 Å². The lowest BCUT2D eigenvalue weighted by atomic mass is 10.2. The third-order valence-electron chi connectivity index (χ3n) is 2.50. The van der Waals surface area contributed by atoms with Crippen molar-refractivity contribution in [2.24, 2.45) is 0 Å². The highest BCUT2D eigenvalue weighted by atomic mass is 16.1. The largest absolute Gasteiger partial charge is 0.344 e. The van der Waals surface area contributed by atoms with Crippen molar-refractivity contribution in [1.82, 2.24) is 15.5 Å². The molecule has 1 amide bonds. The van der Waals surface area contributed by atoms with E-state index in [1.807, 2.05) is 4.90 Å². The normalized spacial score (nSPS) is 22.1. The zero-order valence-electron chi connectivity index (χ0n) is 8.80. The monoisotopic (exact) mass is 199 g/mol. The van der Waals surface area contributed by atoms with E-state index in [-0.39, 0.29) is 0 Å². The molecule has 0 bridgehead atoms. The van der Waals surface area contributed by atoms with Crippen LogP contribution in [0.15, 0.2) is 0 Å². The van der Waals surface area contributed by atoms with E-state index in [0.29, 0.717) is 0 Å². The molecule has 1 fully saturated rings. The average Bonchev–Trinajstić information content (AvgIpc) is 2.19. The number of rotatable bonds is 1. The van der Waals surface area contributed by atoms with E-state index in [1.165, 1.54) is 12.8 Å². The van der Waals surface area contributed by atoms with Crippen molar-refractivity contribution < 1.29 is 4.79 Å². The highest BCUT2D eigenvalue weighted by Gasteiger charge is 2.01. The van der Waals surface area contributed by atoms with E-state index in [0.717, 1.165) is 52.1 Å². The Balaban J connectivity index is 2.20. The van der Waals surface area contributed by atoms with Crippen LogP contribution in [0.1, 0.15) is 19.3 Å². The molecule has 0 spiro atoms. The van der Waals surface area contributed by atoms with Gasteiger partial charge in [-0.2, -0.15) is 0 Å². The Labute approximate surface area is 86.0 Å². The third-order valence-corrected chi connectivity index (χ3v) is 2.50. The number of hydrogen-bond acceptors (Lipinski definition) is 3. The molecule has 1 rings (SSSR count). The molecule has 1 aliphatic rings. The van der Waals surface area contributed by atoms with Crippen LogP contribution in [0.5, 0.6) is 0 Å². The van der Waals surface area contributed by atoms with Gasteiger partial charge < -0.3 is 15.5 Å². The van der Waals surface area contributed by atoms with Crippen molar-refractivity contribution in [3.63, 3.8) is 0 Å². The maximum absolute atomic E-state index is 10.7. The van der Waals surface area contributed by atoms with Crippen molar-refractivity contribution in [1.29, 1.82) is 0 Å². The van der Waals surface area contributed by atoms with Crippen LogP contribution < -0.4 is 10.6 Å². The van der Waals surface area contributed by atoms with Crippen LogP contribution in [-0.4, -0.2) is 50.6 Å². The molecule has 4 nitrogen and oxygen atoms in total. The van der Waals surface area contributed by atoms with Crippen molar-refractivity contribution in [3.05, 3.63) is 0 Å². The lowest BCUT2D eigenvalue weighted by Gasteiger charge is -2.18.